The van der Waals surface area contributed by atoms with Crippen LogP contribution in [0, 0.1) is 5.92 Å². The Bertz CT molecular complexity index is 477. The number of fused-ring (bicyclic) bond motifs is 1. The maximum absolute atomic E-state index is 4.01. The highest BCUT2D eigenvalue weighted by molar-refractivity contribution is 5.85. The Balaban J connectivity index is 2.76. The van der Waals surface area contributed by atoms with Gasteiger partial charge >= 0.3 is 0 Å². The summed E-state index contributed by atoms with van der Waals surface area (Å²) in [5.74, 6) is 0.607. The number of benzene rings is 1. The Kier molecular flexibility index (Phi) is 2.99. The monoisotopic (exact) mass is 226 g/mol. The molecule has 0 aliphatic heterocycles. The van der Waals surface area contributed by atoms with Crippen molar-refractivity contribution in [2.45, 2.75) is 39.5 Å². The fraction of sp³-hybridized carbons (Fsp3) is 0.412. The molecule has 0 saturated carbocycles. The van der Waals surface area contributed by atoms with Crippen molar-refractivity contribution in [3.05, 3.63) is 53.6 Å². The Morgan fingerprint density at radius 3 is 2.47 bits per heavy atom. The number of hydrogen-bond acceptors (Lipinski definition) is 0. The highest BCUT2D eigenvalue weighted by Crippen LogP contribution is 2.51. The molecule has 0 nitrogen and oxygen atoms in total. The molecular weight excluding hydrogens is 204 g/mol. The molecule has 17 heavy (non-hydrogen) atoms. The zero-order chi connectivity index (χ0) is 12.6. The van der Waals surface area contributed by atoms with Gasteiger partial charge in [0.2, 0.25) is 0 Å². The van der Waals surface area contributed by atoms with Crippen molar-refractivity contribution < 1.29 is 0 Å². The summed E-state index contributed by atoms with van der Waals surface area (Å²) >= 11 is 0. The largest absolute Gasteiger partial charge is 0.0984 e. The third kappa shape index (κ3) is 1.50. The molecule has 0 N–H and O–H groups in total. The fourth-order valence-corrected chi connectivity index (χ4v) is 3.23. The minimum Gasteiger partial charge on any atom is -0.0984 e. The molecular formula is C17H22. The highest BCUT2D eigenvalue weighted by atomic mass is 14.4. The van der Waals surface area contributed by atoms with E-state index in [9.17, 15) is 0 Å². The first-order valence-corrected chi connectivity index (χ1v) is 6.53. The van der Waals surface area contributed by atoms with Crippen molar-refractivity contribution in [2.75, 3.05) is 0 Å². The van der Waals surface area contributed by atoms with Crippen LogP contribution in [0.4, 0.5) is 0 Å². The van der Waals surface area contributed by atoms with Crippen molar-refractivity contribution in [3.8, 4) is 0 Å². The molecule has 1 aliphatic carbocycles. The Hall–Kier alpha value is -1.30. The Morgan fingerprint density at radius 1 is 1.29 bits per heavy atom. The summed E-state index contributed by atoms with van der Waals surface area (Å²) < 4.78 is 0. The van der Waals surface area contributed by atoms with Gasteiger partial charge in [0.1, 0.15) is 0 Å². The molecule has 0 aromatic heterocycles. The van der Waals surface area contributed by atoms with Crippen LogP contribution in [0.15, 0.2) is 42.5 Å². The van der Waals surface area contributed by atoms with E-state index >= 15 is 0 Å². The van der Waals surface area contributed by atoms with Crippen LogP contribution in [-0.4, -0.2) is 0 Å². The maximum Gasteiger partial charge on any atom is 0.0171 e. The molecule has 1 aromatic rings. The maximum atomic E-state index is 4.01. The molecule has 0 fully saturated rings. The van der Waals surface area contributed by atoms with Crippen molar-refractivity contribution in [1.29, 1.82) is 0 Å². The number of allylic oxidation sites excluding steroid dienone is 3. The van der Waals surface area contributed by atoms with Gasteiger partial charge in [-0.25, -0.2) is 0 Å². The normalized spacial score (nSPS) is 23.1. The molecule has 0 heterocycles. The molecule has 0 bridgehead atoms. The van der Waals surface area contributed by atoms with E-state index in [0.717, 1.165) is 6.42 Å². The van der Waals surface area contributed by atoms with E-state index in [4.69, 9.17) is 0 Å². The lowest BCUT2D eigenvalue weighted by Gasteiger charge is -2.34. The first-order valence-electron chi connectivity index (χ1n) is 6.53. The molecule has 0 spiro atoms. The van der Waals surface area contributed by atoms with Gasteiger partial charge in [-0.15, -0.1) is 0 Å². The van der Waals surface area contributed by atoms with Crippen LogP contribution in [0.3, 0.4) is 0 Å². The molecule has 0 radical (unpaired) electrons. The fourth-order valence-electron chi connectivity index (χ4n) is 3.23. The van der Waals surface area contributed by atoms with Gasteiger partial charge in [0, 0.05) is 5.41 Å². The Labute approximate surface area is 105 Å². The van der Waals surface area contributed by atoms with Crippen LogP contribution in [0.2, 0.25) is 0 Å². The summed E-state index contributed by atoms with van der Waals surface area (Å²) in [4.78, 5) is 0. The number of hydrogen-bond donors (Lipinski definition) is 0. The second-order valence-electron chi connectivity index (χ2n) is 5.35. The summed E-state index contributed by atoms with van der Waals surface area (Å²) in [6.45, 7) is 13.3. The molecule has 90 valence electrons. The predicted molar refractivity (Wildman–Crippen MR) is 76.0 cm³/mol. The van der Waals surface area contributed by atoms with Crippen LogP contribution >= 0.6 is 0 Å². The van der Waals surface area contributed by atoms with E-state index in [0.29, 0.717) is 5.92 Å². The lowest BCUT2D eigenvalue weighted by Crippen LogP contribution is -2.28. The van der Waals surface area contributed by atoms with Gasteiger partial charge in [0.05, 0.1) is 0 Å². The minimum atomic E-state index is 0.175. The van der Waals surface area contributed by atoms with Gasteiger partial charge in [-0.3, -0.25) is 0 Å². The van der Waals surface area contributed by atoms with Gasteiger partial charge in [-0.2, -0.15) is 0 Å². The molecule has 1 aromatic carbocycles. The van der Waals surface area contributed by atoms with Gasteiger partial charge in [-0.05, 0) is 29.0 Å². The molecule has 1 aliphatic rings. The zero-order valence-electron chi connectivity index (χ0n) is 11.4. The van der Waals surface area contributed by atoms with Crippen molar-refractivity contribution in [3.63, 3.8) is 0 Å². The van der Waals surface area contributed by atoms with Crippen LogP contribution < -0.4 is 0 Å². The van der Waals surface area contributed by atoms with Gasteiger partial charge < -0.3 is 0 Å². The molecule has 2 rings (SSSR count). The first kappa shape index (κ1) is 12.2. The van der Waals surface area contributed by atoms with E-state index in [1.165, 1.54) is 16.7 Å². The van der Waals surface area contributed by atoms with E-state index in [2.05, 4.69) is 58.5 Å². The standard InChI is InChI=1S/C17H22/c1-6-13-14-10-8-9-11-16(14)17(5,12(3)4)15(13)7-2/h6,8-12H,1,7H2,2-5H3. The van der Waals surface area contributed by atoms with E-state index < -0.39 is 0 Å². The summed E-state index contributed by atoms with van der Waals surface area (Å²) in [6, 6.07) is 8.79. The second kappa shape index (κ2) is 4.18. The summed E-state index contributed by atoms with van der Waals surface area (Å²) in [7, 11) is 0. The average molecular weight is 226 g/mol. The van der Waals surface area contributed by atoms with Gasteiger partial charge in [0.15, 0.2) is 0 Å². The predicted octanol–water partition coefficient (Wildman–Crippen LogP) is 4.96. The Morgan fingerprint density at radius 2 is 1.94 bits per heavy atom. The molecule has 1 unspecified atom stereocenters. The molecule has 1 atom stereocenters. The smallest absolute Gasteiger partial charge is 0.0171 e. The van der Waals surface area contributed by atoms with Crippen LogP contribution in [0.25, 0.3) is 5.57 Å². The highest BCUT2D eigenvalue weighted by Gasteiger charge is 2.41. The topological polar surface area (TPSA) is 0 Å². The van der Waals surface area contributed by atoms with Crippen molar-refractivity contribution in [2.24, 2.45) is 5.92 Å². The molecule has 0 amide bonds. The third-order valence-corrected chi connectivity index (χ3v) is 4.44. The molecule has 0 saturated heterocycles. The van der Waals surface area contributed by atoms with E-state index in [-0.39, 0.29) is 5.41 Å². The third-order valence-electron chi connectivity index (χ3n) is 4.44. The summed E-state index contributed by atoms with van der Waals surface area (Å²) in [5.41, 5.74) is 5.94. The molecule has 0 heteroatoms. The van der Waals surface area contributed by atoms with Crippen LogP contribution in [0.5, 0.6) is 0 Å². The average Bonchev–Trinajstić information content (AvgIpc) is 2.59. The van der Waals surface area contributed by atoms with E-state index in [1.807, 2.05) is 6.08 Å². The van der Waals surface area contributed by atoms with Crippen molar-refractivity contribution >= 4 is 5.57 Å². The second-order valence-corrected chi connectivity index (χ2v) is 5.35. The van der Waals surface area contributed by atoms with Crippen molar-refractivity contribution in [1.82, 2.24) is 0 Å². The zero-order valence-corrected chi connectivity index (χ0v) is 11.4. The van der Waals surface area contributed by atoms with Crippen LogP contribution in [0.1, 0.15) is 45.2 Å². The lowest BCUT2D eigenvalue weighted by molar-refractivity contribution is 0.396. The first-order chi connectivity index (χ1) is 8.07. The minimum absolute atomic E-state index is 0.175. The number of rotatable bonds is 3. The quantitative estimate of drug-likeness (QED) is 0.683. The van der Waals surface area contributed by atoms with Crippen LogP contribution in [-0.2, 0) is 5.41 Å². The SMILES string of the molecule is C=CC1=C(CC)C(C)(C(C)C)c2ccccc21. The van der Waals surface area contributed by atoms with Gasteiger partial charge in [0.25, 0.3) is 0 Å². The lowest BCUT2D eigenvalue weighted by atomic mass is 9.70. The van der Waals surface area contributed by atoms with E-state index in [1.54, 1.807) is 5.57 Å². The summed E-state index contributed by atoms with van der Waals surface area (Å²) in [6.07, 6.45) is 3.13. The van der Waals surface area contributed by atoms with Gasteiger partial charge in [-0.1, -0.05) is 70.2 Å². The summed E-state index contributed by atoms with van der Waals surface area (Å²) in [5, 5.41) is 0.